The van der Waals surface area contributed by atoms with E-state index in [1.54, 1.807) is 0 Å². The fraction of sp³-hybridized carbons (Fsp3) is 0.643. The van der Waals surface area contributed by atoms with Gasteiger partial charge in [-0.05, 0) is 39.1 Å². The zero-order valence-corrected chi connectivity index (χ0v) is 13.0. The van der Waals surface area contributed by atoms with Crippen LogP contribution in [0.15, 0.2) is 18.2 Å². The van der Waals surface area contributed by atoms with Gasteiger partial charge in [-0.2, -0.15) is 0 Å². The van der Waals surface area contributed by atoms with Gasteiger partial charge in [-0.25, -0.2) is 8.42 Å². The van der Waals surface area contributed by atoms with Crippen molar-refractivity contribution < 1.29 is 8.42 Å². The average molecular weight is 297 g/mol. The maximum Gasteiger partial charge on any atom is 0.153 e. The molecule has 1 atom stereocenters. The largest absolute Gasteiger partial charge is 0.312 e. The summed E-state index contributed by atoms with van der Waals surface area (Å²) in [6.07, 6.45) is 0.849. The Bertz CT molecular complexity index is 545. The molecule has 1 unspecified atom stereocenters. The maximum absolute atomic E-state index is 11.6. The average Bonchev–Trinajstić information content (AvgIpc) is 2.35. The zero-order valence-electron chi connectivity index (χ0n) is 12.2. The Morgan fingerprint density at radius 2 is 2.25 bits per heavy atom. The molecule has 0 bridgehead atoms. The van der Waals surface area contributed by atoms with Crippen LogP contribution >= 0.6 is 0 Å². The molecule has 1 aromatic heterocycles. The van der Waals surface area contributed by atoms with Crippen molar-refractivity contribution >= 4 is 9.84 Å². The third kappa shape index (κ3) is 4.85. The molecule has 6 heteroatoms. The number of aryl methyl sites for hydroxylation is 1. The van der Waals surface area contributed by atoms with Gasteiger partial charge < -0.3 is 10.2 Å². The van der Waals surface area contributed by atoms with Crippen molar-refractivity contribution in [3.05, 3.63) is 29.6 Å². The van der Waals surface area contributed by atoms with Gasteiger partial charge >= 0.3 is 0 Å². The Kier molecular flexibility index (Phi) is 5.12. The summed E-state index contributed by atoms with van der Waals surface area (Å²) in [4.78, 5) is 6.66. The third-order valence-electron chi connectivity index (χ3n) is 3.54. The number of nitrogens with one attached hydrogen (secondary N) is 1. The summed E-state index contributed by atoms with van der Waals surface area (Å²) in [6.45, 7) is 4.22. The van der Waals surface area contributed by atoms with E-state index in [1.165, 1.54) is 0 Å². The normalized spacial score (nSPS) is 22.1. The van der Waals surface area contributed by atoms with E-state index in [1.807, 2.05) is 32.2 Å². The highest BCUT2D eigenvalue weighted by atomic mass is 32.2. The highest BCUT2D eigenvalue weighted by molar-refractivity contribution is 7.91. The number of rotatable bonds is 5. The Labute approximate surface area is 121 Å². The van der Waals surface area contributed by atoms with E-state index < -0.39 is 9.84 Å². The van der Waals surface area contributed by atoms with Crippen LogP contribution in [0, 0.1) is 6.92 Å². The van der Waals surface area contributed by atoms with E-state index in [2.05, 4.69) is 15.2 Å². The molecule has 1 saturated heterocycles. The predicted molar refractivity (Wildman–Crippen MR) is 80.4 cm³/mol. The summed E-state index contributed by atoms with van der Waals surface area (Å²) in [7, 11) is -0.795. The SMILES string of the molecule is Cc1cccc(CN(C)CCC2CS(=O)(=O)CCN2)n1. The summed E-state index contributed by atoms with van der Waals surface area (Å²) < 4.78 is 23.1. The lowest BCUT2D eigenvalue weighted by Gasteiger charge is -2.25. The molecule has 2 rings (SSSR count). The molecule has 0 amide bonds. The van der Waals surface area contributed by atoms with Crippen molar-refractivity contribution in [1.82, 2.24) is 15.2 Å². The molecule has 0 aliphatic carbocycles. The number of hydrogen-bond acceptors (Lipinski definition) is 5. The topological polar surface area (TPSA) is 62.3 Å². The van der Waals surface area contributed by atoms with Crippen molar-refractivity contribution in [2.75, 3.05) is 31.6 Å². The quantitative estimate of drug-likeness (QED) is 0.862. The lowest BCUT2D eigenvalue weighted by Crippen LogP contribution is -2.46. The number of nitrogens with zero attached hydrogens (tertiary/aromatic N) is 2. The second-order valence-corrected chi connectivity index (χ2v) is 7.79. The standard InChI is InChI=1S/C14H23N3O2S/c1-12-4-3-5-13(16-12)10-17(2)8-6-14-11-20(18,19)9-7-15-14/h3-5,14-15H,6-11H2,1-2H3. The van der Waals surface area contributed by atoms with E-state index in [9.17, 15) is 8.42 Å². The second kappa shape index (κ2) is 6.65. The fourth-order valence-electron chi connectivity index (χ4n) is 2.47. The number of hydrogen-bond donors (Lipinski definition) is 1. The molecule has 1 N–H and O–H groups in total. The van der Waals surface area contributed by atoms with Crippen molar-refractivity contribution in [2.45, 2.75) is 25.9 Å². The molecule has 1 aromatic rings. The third-order valence-corrected chi connectivity index (χ3v) is 5.27. The summed E-state index contributed by atoms with van der Waals surface area (Å²) in [5, 5.41) is 3.28. The van der Waals surface area contributed by atoms with Crippen molar-refractivity contribution in [3.63, 3.8) is 0 Å². The van der Waals surface area contributed by atoms with Gasteiger partial charge in [0.2, 0.25) is 0 Å². The highest BCUT2D eigenvalue weighted by Gasteiger charge is 2.24. The number of pyridine rings is 1. The first-order valence-electron chi connectivity index (χ1n) is 6.99. The molecule has 1 aliphatic heterocycles. The van der Waals surface area contributed by atoms with Crippen LogP contribution in [0.3, 0.4) is 0 Å². The van der Waals surface area contributed by atoms with Crippen LogP contribution < -0.4 is 5.32 Å². The van der Waals surface area contributed by atoms with Crippen LogP contribution in [0.2, 0.25) is 0 Å². The molecule has 0 radical (unpaired) electrons. The first kappa shape index (κ1) is 15.4. The van der Waals surface area contributed by atoms with Crippen molar-refractivity contribution in [1.29, 1.82) is 0 Å². The summed E-state index contributed by atoms with van der Waals surface area (Å²) in [5.74, 6) is 0.538. The Morgan fingerprint density at radius 1 is 1.45 bits per heavy atom. The second-order valence-electron chi connectivity index (χ2n) is 5.56. The van der Waals surface area contributed by atoms with E-state index >= 15 is 0 Å². The molecule has 0 spiro atoms. The summed E-state index contributed by atoms with van der Waals surface area (Å²) in [5.41, 5.74) is 2.08. The summed E-state index contributed by atoms with van der Waals surface area (Å²) in [6, 6.07) is 6.11. The highest BCUT2D eigenvalue weighted by Crippen LogP contribution is 2.07. The van der Waals surface area contributed by atoms with Gasteiger partial charge in [-0.15, -0.1) is 0 Å². The predicted octanol–water partition coefficient (Wildman–Crippen LogP) is 0.599. The minimum atomic E-state index is -2.84. The minimum absolute atomic E-state index is 0.0849. The fourth-order valence-corrected chi connectivity index (χ4v) is 3.97. The van der Waals surface area contributed by atoms with Crippen molar-refractivity contribution in [2.24, 2.45) is 0 Å². The smallest absolute Gasteiger partial charge is 0.153 e. The lowest BCUT2D eigenvalue weighted by molar-refractivity contribution is 0.300. The Hall–Kier alpha value is -0.980. The number of sulfone groups is 1. The van der Waals surface area contributed by atoms with E-state index in [-0.39, 0.29) is 17.5 Å². The Morgan fingerprint density at radius 3 is 2.95 bits per heavy atom. The van der Waals surface area contributed by atoms with Crippen LogP contribution in [0.25, 0.3) is 0 Å². The first-order valence-corrected chi connectivity index (χ1v) is 8.82. The molecular weight excluding hydrogens is 274 g/mol. The van der Waals surface area contributed by atoms with Crippen LogP contribution in [0.4, 0.5) is 0 Å². The lowest BCUT2D eigenvalue weighted by atomic mass is 10.2. The van der Waals surface area contributed by atoms with E-state index in [4.69, 9.17) is 0 Å². The van der Waals surface area contributed by atoms with Crippen LogP contribution in [-0.4, -0.2) is 56.0 Å². The molecule has 5 nitrogen and oxygen atoms in total. The van der Waals surface area contributed by atoms with Gasteiger partial charge in [-0.1, -0.05) is 6.07 Å². The maximum atomic E-state index is 11.6. The van der Waals surface area contributed by atoms with E-state index in [0.29, 0.717) is 6.54 Å². The van der Waals surface area contributed by atoms with Gasteiger partial charge in [-0.3, -0.25) is 4.98 Å². The molecule has 2 heterocycles. The van der Waals surface area contributed by atoms with Gasteiger partial charge in [0, 0.05) is 24.8 Å². The van der Waals surface area contributed by atoms with Gasteiger partial charge in [0.1, 0.15) is 0 Å². The zero-order chi connectivity index (χ0) is 14.6. The van der Waals surface area contributed by atoms with Gasteiger partial charge in [0.05, 0.1) is 17.2 Å². The minimum Gasteiger partial charge on any atom is -0.312 e. The molecule has 20 heavy (non-hydrogen) atoms. The molecule has 112 valence electrons. The van der Waals surface area contributed by atoms with Crippen LogP contribution in [-0.2, 0) is 16.4 Å². The summed E-state index contributed by atoms with van der Waals surface area (Å²) >= 11 is 0. The molecule has 1 aliphatic rings. The van der Waals surface area contributed by atoms with Gasteiger partial charge in [0.25, 0.3) is 0 Å². The molecule has 0 aromatic carbocycles. The molecule has 0 saturated carbocycles. The van der Waals surface area contributed by atoms with Crippen molar-refractivity contribution in [3.8, 4) is 0 Å². The van der Waals surface area contributed by atoms with Gasteiger partial charge in [0.15, 0.2) is 9.84 Å². The first-order chi connectivity index (χ1) is 9.44. The molecular formula is C14H23N3O2S. The van der Waals surface area contributed by atoms with Crippen LogP contribution in [0.1, 0.15) is 17.8 Å². The number of aromatic nitrogens is 1. The Balaban J connectivity index is 1.79. The van der Waals surface area contributed by atoms with Crippen LogP contribution in [0.5, 0.6) is 0 Å². The van der Waals surface area contributed by atoms with E-state index in [0.717, 1.165) is 30.9 Å². The monoisotopic (exact) mass is 297 g/mol. The molecule has 1 fully saturated rings.